The Balaban J connectivity index is 2.29. The Hall–Kier alpha value is -3.32. The molecule has 0 spiro atoms. The van der Waals surface area contributed by atoms with Gasteiger partial charge >= 0.3 is 0 Å². The molecule has 2 aromatic carbocycles. The first-order valence-corrected chi connectivity index (χ1v) is 7.55. The zero-order chi connectivity index (χ0) is 17.1. The Kier molecular flexibility index (Phi) is 4.17. The molecule has 1 aromatic heterocycles. The quantitative estimate of drug-likeness (QED) is 0.786. The highest BCUT2D eigenvalue weighted by atomic mass is 16.5. The van der Waals surface area contributed by atoms with Crippen molar-refractivity contribution in [1.82, 2.24) is 4.98 Å². The molecule has 0 unspecified atom stereocenters. The number of nitriles is 1. The average molecular weight is 315 g/mol. The Morgan fingerprint density at radius 2 is 1.67 bits per heavy atom. The summed E-state index contributed by atoms with van der Waals surface area (Å²) in [6.07, 6.45) is 0. The van der Waals surface area contributed by atoms with Gasteiger partial charge in [0.25, 0.3) is 0 Å². The van der Waals surface area contributed by atoms with Gasteiger partial charge in [0, 0.05) is 11.1 Å². The fourth-order valence-electron chi connectivity index (χ4n) is 2.76. The van der Waals surface area contributed by atoms with E-state index in [0.717, 1.165) is 22.3 Å². The molecule has 0 aliphatic heterocycles. The number of para-hydroxylation sites is 1. The van der Waals surface area contributed by atoms with E-state index in [1.54, 1.807) is 7.11 Å². The zero-order valence-electron chi connectivity index (χ0n) is 13.6. The van der Waals surface area contributed by atoms with Gasteiger partial charge in [0.2, 0.25) is 0 Å². The molecule has 4 heteroatoms. The van der Waals surface area contributed by atoms with Crippen molar-refractivity contribution in [2.45, 2.75) is 6.92 Å². The van der Waals surface area contributed by atoms with E-state index in [1.165, 1.54) is 0 Å². The van der Waals surface area contributed by atoms with Crippen molar-refractivity contribution < 1.29 is 4.74 Å². The minimum Gasteiger partial charge on any atom is -0.496 e. The van der Waals surface area contributed by atoms with Crippen molar-refractivity contribution >= 4 is 5.82 Å². The summed E-state index contributed by atoms with van der Waals surface area (Å²) < 4.78 is 5.42. The summed E-state index contributed by atoms with van der Waals surface area (Å²) in [5, 5.41) is 9.52. The van der Waals surface area contributed by atoms with Crippen molar-refractivity contribution in [3.05, 3.63) is 65.7 Å². The van der Waals surface area contributed by atoms with Crippen LogP contribution in [0.4, 0.5) is 5.82 Å². The number of rotatable bonds is 3. The molecule has 1 heterocycles. The van der Waals surface area contributed by atoms with Crippen LogP contribution in [0.1, 0.15) is 11.1 Å². The third-order valence-corrected chi connectivity index (χ3v) is 3.98. The summed E-state index contributed by atoms with van der Waals surface area (Å²) >= 11 is 0. The first-order valence-electron chi connectivity index (χ1n) is 7.55. The number of nitrogen functional groups attached to an aromatic ring is 1. The summed E-state index contributed by atoms with van der Waals surface area (Å²) in [6.45, 7) is 2.01. The zero-order valence-corrected chi connectivity index (χ0v) is 13.6. The number of aromatic nitrogens is 1. The first-order chi connectivity index (χ1) is 11.7. The lowest BCUT2D eigenvalue weighted by Crippen LogP contribution is -2.01. The molecule has 0 saturated carbocycles. The van der Waals surface area contributed by atoms with E-state index in [-0.39, 0.29) is 5.82 Å². The SMILES string of the molecule is COc1ccccc1-c1cc(-c2ccccc2C)c(C#N)c(N)n1. The molecule has 3 aromatic rings. The summed E-state index contributed by atoms with van der Waals surface area (Å²) in [7, 11) is 1.62. The number of methoxy groups -OCH3 is 1. The van der Waals surface area contributed by atoms with E-state index >= 15 is 0 Å². The topological polar surface area (TPSA) is 71.9 Å². The van der Waals surface area contributed by atoms with Gasteiger partial charge in [-0.25, -0.2) is 4.98 Å². The van der Waals surface area contributed by atoms with Gasteiger partial charge in [-0.2, -0.15) is 5.26 Å². The number of benzene rings is 2. The molecule has 3 rings (SSSR count). The fraction of sp³-hybridized carbons (Fsp3) is 0.100. The molecule has 2 N–H and O–H groups in total. The molecule has 0 aliphatic rings. The van der Waals surface area contributed by atoms with E-state index in [1.807, 2.05) is 61.5 Å². The van der Waals surface area contributed by atoms with Crippen LogP contribution in [0, 0.1) is 18.3 Å². The normalized spacial score (nSPS) is 10.2. The van der Waals surface area contributed by atoms with Gasteiger partial charge in [-0.1, -0.05) is 36.4 Å². The molecule has 118 valence electrons. The number of ether oxygens (including phenoxy) is 1. The predicted octanol–water partition coefficient (Wildman–Crippen LogP) is 4.19. The second-order valence-electron chi connectivity index (χ2n) is 5.44. The highest BCUT2D eigenvalue weighted by Gasteiger charge is 2.16. The highest BCUT2D eigenvalue weighted by molar-refractivity contribution is 5.82. The van der Waals surface area contributed by atoms with Gasteiger partial charge in [0.1, 0.15) is 23.2 Å². The van der Waals surface area contributed by atoms with Crippen LogP contribution in [-0.2, 0) is 0 Å². The van der Waals surface area contributed by atoms with Crippen molar-refractivity contribution in [2.24, 2.45) is 0 Å². The molecule has 0 fully saturated rings. The van der Waals surface area contributed by atoms with Crippen LogP contribution in [0.3, 0.4) is 0 Å². The van der Waals surface area contributed by atoms with Gasteiger partial charge < -0.3 is 10.5 Å². The third-order valence-electron chi connectivity index (χ3n) is 3.98. The summed E-state index contributed by atoms with van der Waals surface area (Å²) in [5.74, 6) is 0.934. The van der Waals surface area contributed by atoms with E-state index in [2.05, 4.69) is 11.1 Å². The van der Waals surface area contributed by atoms with Crippen molar-refractivity contribution in [2.75, 3.05) is 12.8 Å². The van der Waals surface area contributed by atoms with Gasteiger partial charge in [-0.3, -0.25) is 0 Å². The van der Waals surface area contributed by atoms with E-state index < -0.39 is 0 Å². The van der Waals surface area contributed by atoms with Gasteiger partial charge in [0.15, 0.2) is 0 Å². The van der Waals surface area contributed by atoms with Gasteiger partial charge in [-0.05, 0) is 36.2 Å². The number of hydrogen-bond acceptors (Lipinski definition) is 4. The van der Waals surface area contributed by atoms with Crippen LogP contribution in [0.2, 0.25) is 0 Å². The standard InChI is InChI=1S/C20H17N3O/c1-13-7-3-4-8-14(13)16-11-18(23-20(22)17(16)12-21)15-9-5-6-10-19(15)24-2/h3-11H,1-2H3,(H2,22,23). The van der Waals surface area contributed by atoms with Crippen LogP contribution >= 0.6 is 0 Å². The fourth-order valence-corrected chi connectivity index (χ4v) is 2.76. The van der Waals surface area contributed by atoms with Crippen LogP contribution in [0.25, 0.3) is 22.4 Å². The van der Waals surface area contributed by atoms with E-state index in [0.29, 0.717) is 17.0 Å². The highest BCUT2D eigenvalue weighted by Crippen LogP contribution is 2.35. The third kappa shape index (κ3) is 2.68. The summed E-state index contributed by atoms with van der Waals surface area (Å²) in [6, 6.07) is 19.6. The number of aryl methyl sites for hydroxylation is 1. The van der Waals surface area contributed by atoms with E-state index in [9.17, 15) is 5.26 Å². The molecule has 0 radical (unpaired) electrons. The molecule has 0 saturated heterocycles. The molecule has 0 amide bonds. The second kappa shape index (κ2) is 6.43. The maximum absolute atomic E-state index is 9.52. The smallest absolute Gasteiger partial charge is 0.142 e. The van der Waals surface area contributed by atoms with Crippen LogP contribution in [-0.4, -0.2) is 12.1 Å². The lowest BCUT2D eigenvalue weighted by atomic mass is 9.95. The maximum atomic E-state index is 9.52. The molecule has 4 nitrogen and oxygen atoms in total. The first kappa shape index (κ1) is 15.6. The number of nitrogens with two attached hydrogens (primary N) is 1. The number of pyridine rings is 1. The number of nitrogens with zero attached hydrogens (tertiary/aromatic N) is 2. The minimum atomic E-state index is 0.221. The lowest BCUT2D eigenvalue weighted by Gasteiger charge is -2.13. The summed E-state index contributed by atoms with van der Waals surface area (Å²) in [5.41, 5.74) is 10.8. The van der Waals surface area contributed by atoms with Crippen molar-refractivity contribution in [3.8, 4) is 34.2 Å². The molecule has 0 aliphatic carbocycles. The van der Waals surface area contributed by atoms with Crippen LogP contribution < -0.4 is 10.5 Å². The second-order valence-corrected chi connectivity index (χ2v) is 5.44. The predicted molar refractivity (Wildman–Crippen MR) is 95.5 cm³/mol. The van der Waals surface area contributed by atoms with Crippen molar-refractivity contribution in [3.63, 3.8) is 0 Å². The van der Waals surface area contributed by atoms with Crippen molar-refractivity contribution in [1.29, 1.82) is 5.26 Å². The molecule has 24 heavy (non-hydrogen) atoms. The Morgan fingerprint density at radius 3 is 2.33 bits per heavy atom. The largest absolute Gasteiger partial charge is 0.496 e. The van der Waals surface area contributed by atoms with Gasteiger partial charge in [0.05, 0.1) is 12.8 Å². The molecular weight excluding hydrogens is 298 g/mol. The Morgan fingerprint density at radius 1 is 1.00 bits per heavy atom. The maximum Gasteiger partial charge on any atom is 0.142 e. The average Bonchev–Trinajstić information content (AvgIpc) is 2.61. The number of hydrogen-bond donors (Lipinski definition) is 1. The Bertz CT molecular complexity index is 942. The summed E-state index contributed by atoms with van der Waals surface area (Å²) in [4.78, 5) is 4.41. The number of anilines is 1. The van der Waals surface area contributed by atoms with Gasteiger partial charge in [-0.15, -0.1) is 0 Å². The van der Waals surface area contributed by atoms with Crippen LogP contribution in [0.5, 0.6) is 5.75 Å². The van der Waals surface area contributed by atoms with E-state index in [4.69, 9.17) is 10.5 Å². The molecule has 0 atom stereocenters. The minimum absolute atomic E-state index is 0.221. The molecule has 0 bridgehead atoms. The Labute approximate surface area is 141 Å². The van der Waals surface area contributed by atoms with Crippen LogP contribution in [0.15, 0.2) is 54.6 Å². The monoisotopic (exact) mass is 315 g/mol. The lowest BCUT2D eigenvalue weighted by molar-refractivity contribution is 0.416. The molecular formula is C20H17N3O.